The Morgan fingerprint density at radius 3 is 2.50 bits per heavy atom. The molecule has 0 aliphatic rings. The van der Waals surface area contributed by atoms with E-state index in [1.807, 2.05) is 0 Å². The van der Waals surface area contributed by atoms with Gasteiger partial charge in [0, 0.05) is 6.07 Å². The first-order chi connectivity index (χ1) is 10.5. The summed E-state index contributed by atoms with van der Waals surface area (Å²) >= 11 is 3.03. The minimum atomic E-state index is -1.13. The van der Waals surface area contributed by atoms with E-state index in [2.05, 4.69) is 15.9 Å². The molecular weight excluding hydrogens is 356 g/mol. The third kappa shape index (κ3) is 3.59. The number of carbonyl (C=O) groups excluding carboxylic acids is 1. The molecule has 22 heavy (non-hydrogen) atoms. The summed E-state index contributed by atoms with van der Waals surface area (Å²) in [5.41, 5.74) is -0.460. The quantitative estimate of drug-likeness (QED) is 0.356. The number of halogens is 1. The number of carbonyl (C=O) groups is 1. The monoisotopic (exact) mass is 362 g/mol. The number of nitriles is 1. The van der Waals surface area contributed by atoms with Crippen molar-refractivity contribution in [2.24, 2.45) is 0 Å². The Bertz CT molecular complexity index is 771. The molecule has 0 N–H and O–H groups in total. The summed E-state index contributed by atoms with van der Waals surface area (Å²) < 4.78 is 9.88. The second kappa shape index (κ2) is 6.69. The van der Waals surface area contributed by atoms with E-state index in [1.165, 1.54) is 18.2 Å². The molecule has 2 aromatic carbocycles. The van der Waals surface area contributed by atoms with Crippen LogP contribution in [0.25, 0.3) is 0 Å². The molecule has 0 spiro atoms. The highest BCUT2D eigenvalue weighted by Crippen LogP contribution is 2.36. The van der Waals surface area contributed by atoms with Gasteiger partial charge in [-0.25, -0.2) is 4.79 Å². The summed E-state index contributed by atoms with van der Waals surface area (Å²) in [7, 11) is 0. The smallest absolute Gasteiger partial charge is 0.395 e. The van der Waals surface area contributed by atoms with Crippen LogP contribution in [-0.4, -0.2) is 11.1 Å². The fourth-order valence-corrected chi connectivity index (χ4v) is 2.10. The van der Waals surface area contributed by atoms with Crippen molar-refractivity contribution in [1.29, 1.82) is 5.26 Å². The number of benzene rings is 2. The topological polar surface area (TPSA) is 102 Å². The molecule has 8 heteroatoms. The zero-order valence-corrected chi connectivity index (χ0v) is 12.4. The second-order valence-corrected chi connectivity index (χ2v) is 4.80. The molecule has 0 fully saturated rings. The van der Waals surface area contributed by atoms with Crippen molar-refractivity contribution in [2.45, 2.75) is 0 Å². The summed E-state index contributed by atoms with van der Waals surface area (Å²) in [6.07, 6.45) is -1.13. The first kappa shape index (κ1) is 15.5. The highest BCUT2D eigenvalue weighted by molar-refractivity contribution is 9.10. The molecule has 0 aliphatic heterocycles. The van der Waals surface area contributed by atoms with Gasteiger partial charge in [0.15, 0.2) is 0 Å². The highest BCUT2D eigenvalue weighted by Gasteiger charge is 2.24. The van der Waals surface area contributed by atoms with E-state index >= 15 is 0 Å². The molecule has 0 radical (unpaired) electrons. The van der Waals surface area contributed by atoms with E-state index < -0.39 is 16.8 Å². The summed E-state index contributed by atoms with van der Waals surface area (Å²) in [4.78, 5) is 22.0. The molecule has 0 aliphatic carbocycles. The number of nitrogens with zero attached hydrogens (tertiary/aromatic N) is 2. The van der Waals surface area contributed by atoms with Gasteiger partial charge in [0.2, 0.25) is 5.75 Å². The number of ether oxygens (including phenoxy) is 2. The Balaban J connectivity index is 2.27. The largest absolute Gasteiger partial charge is 0.519 e. The van der Waals surface area contributed by atoms with Gasteiger partial charge in [0.1, 0.15) is 5.75 Å². The molecule has 0 atom stereocenters. The van der Waals surface area contributed by atoms with E-state index in [9.17, 15) is 14.9 Å². The van der Waals surface area contributed by atoms with Gasteiger partial charge in [-0.3, -0.25) is 10.1 Å². The predicted octanol–water partition coefficient (Wildman–Crippen LogP) is 3.81. The fourth-order valence-electron chi connectivity index (χ4n) is 1.57. The number of nitro groups is 1. The lowest BCUT2D eigenvalue weighted by molar-refractivity contribution is -0.385. The maximum absolute atomic E-state index is 11.7. The molecule has 110 valence electrons. The summed E-state index contributed by atoms with van der Waals surface area (Å²) in [5.74, 6) is -0.0927. The van der Waals surface area contributed by atoms with Crippen LogP contribution in [0.15, 0.2) is 46.9 Å². The van der Waals surface area contributed by atoms with Crippen LogP contribution in [0.3, 0.4) is 0 Å². The zero-order valence-electron chi connectivity index (χ0n) is 10.9. The Hall–Kier alpha value is -2.92. The summed E-state index contributed by atoms with van der Waals surface area (Å²) in [6, 6.07) is 12.2. The van der Waals surface area contributed by atoms with Crippen molar-refractivity contribution in [3.05, 3.63) is 62.6 Å². The summed E-state index contributed by atoms with van der Waals surface area (Å²) in [6.45, 7) is 0. The Morgan fingerprint density at radius 1 is 1.23 bits per heavy atom. The van der Waals surface area contributed by atoms with Crippen molar-refractivity contribution >= 4 is 27.8 Å². The van der Waals surface area contributed by atoms with Crippen molar-refractivity contribution in [1.82, 2.24) is 0 Å². The predicted molar refractivity (Wildman–Crippen MR) is 78.6 cm³/mol. The van der Waals surface area contributed by atoms with Gasteiger partial charge in [-0.2, -0.15) is 5.26 Å². The van der Waals surface area contributed by atoms with Gasteiger partial charge < -0.3 is 9.47 Å². The first-order valence-corrected chi connectivity index (χ1v) is 6.63. The maximum atomic E-state index is 11.7. The minimum absolute atomic E-state index is 0.0577. The molecule has 2 rings (SSSR count). The van der Waals surface area contributed by atoms with Crippen LogP contribution in [0.2, 0.25) is 0 Å². The van der Waals surface area contributed by atoms with Crippen LogP contribution in [0.5, 0.6) is 11.5 Å². The normalized spacial score (nSPS) is 9.64. The molecule has 0 aromatic heterocycles. The number of hydrogen-bond donors (Lipinski definition) is 0. The molecule has 0 unspecified atom stereocenters. The Kier molecular flexibility index (Phi) is 4.70. The van der Waals surface area contributed by atoms with Crippen molar-refractivity contribution in [3.8, 4) is 17.6 Å². The van der Waals surface area contributed by atoms with Gasteiger partial charge in [-0.1, -0.05) is 18.2 Å². The van der Waals surface area contributed by atoms with Crippen LogP contribution < -0.4 is 9.47 Å². The molecule has 0 amide bonds. The lowest BCUT2D eigenvalue weighted by Crippen LogP contribution is -2.15. The van der Waals surface area contributed by atoms with Gasteiger partial charge >= 0.3 is 11.8 Å². The maximum Gasteiger partial charge on any atom is 0.519 e. The van der Waals surface area contributed by atoms with E-state index in [-0.39, 0.29) is 21.5 Å². The zero-order chi connectivity index (χ0) is 16.1. The fraction of sp³-hybridized carbons (Fsp3) is 0. The van der Waals surface area contributed by atoms with Gasteiger partial charge in [0.25, 0.3) is 0 Å². The number of nitro benzene ring substituents is 1. The molecular formula is C14H7BrN2O5. The molecule has 0 saturated carbocycles. The van der Waals surface area contributed by atoms with Crippen LogP contribution in [0.4, 0.5) is 10.5 Å². The SMILES string of the molecule is N#Cc1cc(Br)c(OC(=O)Oc2ccccc2)c([N+](=O)[O-])c1. The van der Waals surface area contributed by atoms with Crippen LogP contribution in [0.1, 0.15) is 5.56 Å². The van der Waals surface area contributed by atoms with Gasteiger partial charge in [-0.15, -0.1) is 0 Å². The minimum Gasteiger partial charge on any atom is -0.395 e. The molecule has 0 bridgehead atoms. The van der Waals surface area contributed by atoms with Crippen LogP contribution in [-0.2, 0) is 0 Å². The number of hydrogen-bond acceptors (Lipinski definition) is 6. The molecule has 0 heterocycles. The molecule has 7 nitrogen and oxygen atoms in total. The molecule has 0 saturated heterocycles. The third-order valence-electron chi connectivity index (χ3n) is 2.48. The number of rotatable bonds is 3. The van der Waals surface area contributed by atoms with E-state index in [0.717, 1.165) is 6.07 Å². The van der Waals surface area contributed by atoms with Crippen LogP contribution in [0, 0.1) is 21.4 Å². The number of para-hydroxylation sites is 1. The average Bonchev–Trinajstić information content (AvgIpc) is 2.49. The van der Waals surface area contributed by atoms with Crippen LogP contribution >= 0.6 is 15.9 Å². The van der Waals surface area contributed by atoms with E-state index in [4.69, 9.17) is 14.7 Å². The highest BCUT2D eigenvalue weighted by atomic mass is 79.9. The standard InChI is InChI=1S/C14H7BrN2O5/c15-11-6-9(8-16)7-12(17(19)20)13(11)22-14(18)21-10-4-2-1-3-5-10/h1-7H. The van der Waals surface area contributed by atoms with E-state index in [1.54, 1.807) is 24.3 Å². The first-order valence-electron chi connectivity index (χ1n) is 5.84. The third-order valence-corrected chi connectivity index (χ3v) is 3.07. The van der Waals surface area contributed by atoms with Crippen molar-refractivity contribution < 1.29 is 19.2 Å². The average molecular weight is 363 g/mol. The summed E-state index contributed by atoms with van der Waals surface area (Å²) in [5, 5.41) is 19.8. The molecule has 2 aromatic rings. The van der Waals surface area contributed by atoms with Gasteiger partial charge in [-0.05, 0) is 34.1 Å². The Labute approximate surface area is 133 Å². The Morgan fingerprint density at radius 2 is 1.91 bits per heavy atom. The lowest BCUT2D eigenvalue weighted by atomic mass is 10.2. The van der Waals surface area contributed by atoms with Crippen molar-refractivity contribution in [3.63, 3.8) is 0 Å². The lowest BCUT2D eigenvalue weighted by Gasteiger charge is -2.07. The second-order valence-electron chi connectivity index (χ2n) is 3.94. The van der Waals surface area contributed by atoms with Gasteiger partial charge in [0.05, 0.1) is 21.0 Å². The van der Waals surface area contributed by atoms with Crippen molar-refractivity contribution in [2.75, 3.05) is 0 Å². The van der Waals surface area contributed by atoms with E-state index in [0.29, 0.717) is 0 Å².